The Morgan fingerprint density at radius 3 is 2.50 bits per heavy atom. The predicted octanol–water partition coefficient (Wildman–Crippen LogP) is 5.06. The number of halogens is 4. The Balaban J connectivity index is 1.60. The van der Waals surface area contributed by atoms with Crippen molar-refractivity contribution in [1.82, 2.24) is 9.80 Å². The summed E-state index contributed by atoms with van der Waals surface area (Å²) in [7, 11) is 0. The number of hydrogen-bond donors (Lipinski definition) is 0. The van der Waals surface area contributed by atoms with Crippen molar-refractivity contribution in [3.63, 3.8) is 0 Å². The van der Waals surface area contributed by atoms with Crippen LogP contribution in [0.2, 0.25) is 0 Å². The van der Waals surface area contributed by atoms with Gasteiger partial charge in [0.1, 0.15) is 12.3 Å². The number of alkyl halides is 3. The Bertz CT molecular complexity index is 1350. The van der Waals surface area contributed by atoms with Gasteiger partial charge in [0.25, 0.3) is 11.1 Å². The Labute approximate surface area is 225 Å². The van der Waals surface area contributed by atoms with Gasteiger partial charge >= 0.3 is 11.9 Å². The Morgan fingerprint density at radius 2 is 1.84 bits per heavy atom. The summed E-state index contributed by atoms with van der Waals surface area (Å²) in [6.45, 7) is 0.966. The van der Waals surface area contributed by atoms with Crippen LogP contribution in [0.3, 0.4) is 0 Å². The maximum absolute atomic E-state index is 13.0. The summed E-state index contributed by atoms with van der Waals surface area (Å²) in [5, 5.41) is 10.8. The molecule has 0 aromatic heterocycles. The molecule has 2 saturated heterocycles. The number of benzene rings is 2. The van der Waals surface area contributed by atoms with Gasteiger partial charge in [-0.25, -0.2) is 0 Å². The lowest BCUT2D eigenvalue weighted by atomic mass is 10.1. The zero-order valence-electron chi connectivity index (χ0n) is 19.2. The van der Waals surface area contributed by atoms with E-state index in [-0.39, 0.29) is 16.2 Å². The summed E-state index contributed by atoms with van der Waals surface area (Å²) in [6.07, 6.45) is -3.49. The van der Waals surface area contributed by atoms with E-state index < -0.39 is 51.7 Å². The van der Waals surface area contributed by atoms with Crippen LogP contribution >= 0.6 is 27.7 Å². The molecule has 4 rings (SSSR count). The third-order valence-corrected chi connectivity index (χ3v) is 6.89. The molecular weight excluding hydrogens is 599 g/mol. The fourth-order valence-electron chi connectivity index (χ4n) is 3.59. The molecule has 0 radical (unpaired) electrons. The molecule has 3 amide bonds. The van der Waals surface area contributed by atoms with Gasteiger partial charge in [-0.2, -0.15) is 13.2 Å². The lowest BCUT2D eigenvalue weighted by Crippen LogP contribution is -2.46. The van der Waals surface area contributed by atoms with Crippen molar-refractivity contribution in [3.05, 3.63) is 67.0 Å². The highest BCUT2D eigenvalue weighted by Crippen LogP contribution is 2.40. The molecule has 0 N–H and O–H groups in total. The molecular formula is C23H17BrF3N3O7S. The van der Waals surface area contributed by atoms with Gasteiger partial charge in [0, 0.05) is 29.2 Å². The fourth-order valence-corrected chi connectivity index (χ4v) is 4.80. The van der Waals surface area contributed by atoms with Crippen LogP contribution < -0.4 is 4.74 Å². The van der Waals surface area contributed by atoms with Gasteiger partial charge in [-0.1, -0.05) is 15.9 Å². The lowest BCUT2D eigenvalue weighted by Gasteiger charge is -2.28. The van der Waals surface area contributed by atoms with Crippen LogP contribution in [0.1, 0.15) is 11.1 Å². The Kier molecular flexibility index (Phi) is 8.08. The average Bonchev–Trinajstić information content (AvgIpc) is 3.12. The van der Waals surface area contributed by atoms with Crippen LogP contribution in [0.4, 0.5) is 23.7 Å². The molecule has 38 heavy (non-hydrogen) atoms. The van der Waals surface area contributed by atoms with Crippen molar-refractivity contribution in [2.75, 3.05) is 32.8 Å². The number of ether oxygens (including phenoxy) is 2. The molecule has 15 heteroatoms. The van der Waals surface area contributed by atoms with Crippen molar-refractivity contribution >= 4 is 56.5 Å². The van der Waals surface area contributed by atoms with Crippen LogP contribution in [0.25, 0.3) is 6.08 Å². The zero-order chi connectivity index (χ0) is 27.6. The largest absolute Gasteiger partial charge is 0.449 e. The second-order valence-electron chi connectivity index (χ2n) is 7.98. The molecule has 0 unspecified atom stereocenters. The van der Waals surface area contributed by atoms with E-state index in [1.54, 1.807) is 0 Å². The molecule has 0 saturated carbocycles. The number of carbonyl (C=O) groups is 3. The Morgan fingerprint density at radius 1 is 1.16 bits per heavy atom. The van der Waals surface area contributed by atoms with Crippen molar-refractivity contribution in [2.45, 2.75) is 6.18 Å². The number of nitro groups is 1. The van der Waals surface area contributed by atoms with E-state index in [0.717, 1.165) is 11.0 Å². The van der Waals surface area contributed by atoms with Crippen LogP contribution in [-0.2, 0) is 20.5 Å². The van der Waals surface area contributed by atoms with Gasteiger partial charge in [-0.05, 0) is 48.2 Å². The molecule has 2 aliphatic heterocycles. The van der Waals surface area contributed by atoms with Gasteiger partial charge in [-0.3, -0.25) is 29.4 Å². The van der Waals surface area contributed by atoms with E-state index in [4.69, 9.17) is 9.47 Å². The molecule has 10 nitrogen and oxygen atoms in total. The molecule has 0 spiro atoms. The normalized spacial score (nSPS) is 17.3. The first-order valence-corrected chi connectivity index (χ1v) is 12.5. The van der Waals surface area contributed by atoms with Crippen molar-refractivity contribution in [1.29, 1.82) is 0 Å². The second-order valence-corrected chi connectivity index (χ2v) is 9.89. The van der Waals surface area contributed by atoms with E-state index in [2.05, 4.69) is 15.9 Å². The topological polar surface area (TPSA) is 119 Å². The van der Waals surface area contributed by atoms with Gasteiger partial charge in [0.15, 0.2) is 0 Å². The smallest absolute Gasteiger partial charge is 0.416 e. The average molecular weight is 616 g/mol. The minimum absolute atomic E-state index is 0.0211. The van der Waals surface area contributed by atoms with Crippen LogP contribution in [-0.4, -0.2) is 64.6 Å². The zero-order valence-corrected chi connectivity index (χ0v) is 21.6. The number of rotatable bonds is 6. The quantitative estimate of drug-likeness (QED) is 0.251. The molecule has 2 fully saturated rings. The summed E-state index contributed by atoms with van der Waals surface area (Å²) in [5.74, 6) is -1.59. The Hall–Kier alpha value is -3.43. The van der Waals surface area contributed by atoms with E-state index >= 15 is 0 Å². The summed E-state index contributed by atoms with van der Waals surface area (Å²) >= 11 is 3.87. The van der Waals surface area contributed by atoms with Crippen LogP contribution in [0.5, 0.6) is 11.5 Å². The molecule has 200 valence electrons. The van der Waals surface area contributed by atoms with Crippen LogP contribution in [0, 0.1) is 10.1 Å². The van der Waals surface area contributed by atoms with E-state index in [1.807, 2.05) is 0 Å². The maximum atomic E-state index is 13.0. The summed E-state index contributed by atoms with van der Waals surface area (Å²) in [5.41, 5.74) is -1.91. The maximum Gasteiger partial charge on any atom is 0.416 e. The monoisotopic (exact) mass is 615 g/mol. The molecule has 0 atom stereocenters. The highest BCUT2D eigenvalue weighted by atomic mass is 79.9. The molecule has 0 aliphatic carbocycles. The third-order valence-electron chi connectivity index (χ3n) is 5.49. The number of nitro benzene ring substituents is 1. The summed E-state index contributed by atoms with van der Waals surface area (Å²) < 4.78 is 50.4. The van der Waals surface area contributed by atoms with Gasteiger partial charge in [0.2, 0.25) is 11.7 Å². The van der Waals surface area contributed by atoms with E-state index in [9.17, 15) is 37.7 Å². The summed E-state index contributed by atoms with van der Waals surface area (Å²) in [4.78, 5) is 50.7. The van der Waals surface area contributed by atoms with Crippen molar-refractivity contribution in [2.24, 2.45) is 0 Å². The number of carbonyl (C=O) groups excluding carboxylic acids is 3. The minimum atomic E-state index is -4.79. The standard InChI is InChI=1S/C23H17BrF3N3O7S/c24-15-2-4-17(37-18-3-1-14(23(25,26)27)11-16(18)30(34)35)13(9-15)10-19-21(32)29(22(33)38-19)12-20(31)28-5-7-36-8-6-28/h1-4,9-11H,5-8,12H2/b19-10-. The highest BCUT2D eigenvalue weighted by molar-refractivity contribution is 9.10. The fraction of sp³-hybridized carbons (Fsp3) is 0.261. The molecule has 2 aromatic rings. The van der Waals surface area contributed by atoms with Gasteiger partial charge in [0.05, 0.1) is 28.6 Å². The number of imide groups is 1. The lowest BCUT2D eigenvalue weighted by molar-refractivity contribution is -0.385. The number of thioether (sulfide) groups is 1. The van der Waals surface area contributed by atoms with Crippen molar-refractivity contribution < 1.29 is 42.0 Å². The van der Waals surface area contributed by atoms with Crippen molar-refractivity contribution in [3.8, 4) is 11.5 Å². The van der Waals surface area contributed by atoms with E-state index in [0.29, 0.717) is 54.7 Å². The predicted molar refractivity (Wildman–Crippen MR) is 132 cm³/mol. The first kappa shape index (κ1) is 27.6. The first-order valence-electron chi connectivity index (χ1n) is 10.9. The third kappa shape index (κ3) is 6.16. The number of nitrogens with zero attached hydrogens (tertiary/aromatic N) is 3. The number of morpholine rings is 1. The molecule has 2 aliphatic rings. The van der Waals surface area contributed by atoms with Crippen LogP contribution in [0.15, 0.2) is 45.8 Å². The first-order chi connectivity index (χ1) is 17.9. The molecule has 0 bridgehead atoms. The van der Waals surface area contributed by atoms with Gasteiger partial charge < -0.3 is 14.4 Å². The number of amides is 3. The molecule has 2 aromatic carbocycles. The number of hydrogen-bond acceptors (Lipinski definition) is 8. The molecule has 2 heterocycles. The summed E-state index contributed by atoms with van der Waals surface area (Å²) in [6, 6.07) is 6.26. The second kappa shape index (κ2) is 11.1. The van der Waals surface area contributed by atoms with E-state index in [1.165, 1.54) is 29.2 Å². The SMILES string of the molecule is O=C(CN1C(=O)S/C(=C\c2cc(Br)ccc2Oc2ccc(C(F)(F)F)cc2[N+](=O)[O-])C1=O)N1CCOCC1. The highest BCUT2D eigenvalue weighted by Gasteiger charge is 2.38. The minimum Gasteiger partial charge on any atom is -0.449 e. The van der Waals surface area contributed by atoms with Gasteiger partial charge in [-0.15, -0.1) is 0 Å².